The Bertz CT molecular complexity index is 933. The average Bonchev–Trinajstić information content (AvgIpc) is 2.62. The van der Waals surface area contributed by atoms with Crippen LogP contribution in [0.25, 0.3) is 0 Å². The summed E-state index contributed by atoms with van der Waals surface area (Å²) >= 11 is 0. The van der Waals surface area contributed by atoms with Gasteiger partial charge in [-0.15, -0.1) is 4.58 Å². The van der Waals surface area contributed by atoms with Gasteiger partial charge in [0.25, 0.3) is 0 Å². The van der Waals surface area contributed by atoms with Crippen molar-refractivity contribution in [3.8, 4) is 0 Å². The van der Waals surface area contributed by atoms with Gasteiger partial charge < -0.3 is 11.1 Å². The third-order valence-electron chi connectivity index (χ3n) is 4.52. The second-order valence-electron chi connectivity index (χ2n) is 6.29. The molecule has 132 valence electrons. The molecule has 0 saturated heterocycles. The molecule has 0 aromatic heterocycles. The largest absolute Gasteiger partial charge is 0.415 e. The summed E-state index contributed by atoms with van der Waals surface area (Å²) < 4.78 is 1.56. The van der Waals surface area contributed by atoms with Gasteiger partial charge in [0.15, 0.2) is 17.5 Å². The van der Waals surface area contributed by atoms with Gasteiger partial charge in [-0.1, -0.05) is 30.3 Å². The van der Waals surface area contributed by atoms with Crippen LogP contribution >= 0.6 is 0 Å². The third-order valence-corrected chi connectivity index (χ3v) is 4.52. The average molecular weight is 350 g/mol. The number of rotatable bonds is 3. The molecule has 0 saturated carbocycles. The number of carbonyl (C=O) groups excluding carboxylic acids is 3. The summed E-state index contributed by atoms with van der Waals surface area (Å²) in [5.41, 5.74) is 8.88. The van der Waals surface area contributed by atoms with Crippen molar-refractivity contribution in [2.45, 2.75) is 26.3 Å². The molecule has 1 heterocycles. The predicted octanol–water partition coefficient (Wildman–Crippen LogP) is 2.16. The van der Waals surface area contributed by atoms with Crippen molar-refractivity contribution in [1.82, 2.24) is 5.32 Å². The van der Waals surface area contributed by atoms with E-state index in [1.54, 1.807) is 16.7 Å². The van der Waals surface area contributed by atoms with Crippen molar-refractivity contribution in [1.29, 1.82) is 0 Å². The first kappa shape index (κ1) is 17.5. The number of carbonyl (C=O) groups is 3. The number of primary amides is 1. The first-order chi connectivity index (χ1) is 12.4. The fourth-order valence-corrected chi connectivity index (χ4v) is 3.18. The van der Waals surface area contributed by atoms with Crippen molar-refractivity contribution in [2.24, 2.45) is 5.73 Å². The molecule has 1 aliphatic heterocycles. The van der Waals surface area contributed by atoms with Gasteiger partial charge in [0, 0.05) is 36.1 Å². The van der Waals surface area contributed by atoms with Crippen LogP contribution in [0, 0.1) is 0 Å². The summed E-state index contributed by atoms with van der Waals surface area (Å²) in [4.78, 5) is 36.2. The molecule has 1 aliphatic rings. The zero-order valence-corrected chi connectivity index (χ0v) is 14.7. The van der Waals surface area contributed by atoms with Crippen LogP contribution in [0.4, 0.5) is 10.5 Å². The molecular weight excluding hydrogens is 330 g/mol. The highest BCUT2D eigenvalue weighted by Crippen LogP contribution is 2.29. The summed E-state index contributed by atoms with van der Waals surface area (Å²) in [5, 5.41) is 2.51. The Morgan fingerprint density at radius 2 is 1.77 bits per heavy atom. The van der Waals surface area contributed by atoms with Crippen LogP contribution in [0.15, 0.2) is 48.5 Å². The second-order valence-corrected chi connectivity index (χ2v) is 6.29. The maximum absolute atomic E-state index is 13.1. The summed E-state index contributed by atoms with van der Waals surface area (Å²) in [5.74, 6) is -0.353. The van der Waals surface area contributed by atoms with Gasteiger partial charge in [0.05, 0.1) is 0 Å². The zero-order chi connectivity index (χ0) is 18.8. The first-order valence-corrected chi connectivity index (χ1v) is 8.31. The fourth-order valence-electron chi connectivity index (χ4n) is 3.18. The Morgan fingerprint density at radius 3 is 2.38 bits per heavy atom. The van der Waals surface area contributed by atoms with E-state index in [0.717, 1.165) is 11.1 Å². The third kappa shape index (κ3) is 3.26. The molecule has 3 N–H and O–H groups in total. The SMILES string of the molecule is CC(=O)c1ccc2c(c1)[N+](=C(C)c1ccccc1)C(=O)[C@H](NC(N)=O)C2. The van der Waals surface area contributed by atoms with Crippen LogP contribution in [-0.2, 0) is 11.2 Å². The number of amides is 3. The highest BCUT2D eigenvalue weighted by molar-refractivity contribution is 6.01. The van der Waals surface area contributed by atoms with Gasteiger partial charge in [-0.3, -0.25) is 4.79 Å². The van der Waals surface area contributed by atoms with E-state index in [9.17, 15) is 14.4 Å². The van der Waals surface area contributed by atoms with Crippen LogP contribution in [0.2, 0.25) is 0 Å². The number of nitrogens with one attached hydrogen (secondary N) is 1. The molecule has 0 bridgehead atoms. The molecule has 6 nitrogen and oxygen atoms in total. The van der Waals surface area contributed by atoms with E-state index in [1.807, 2.05) is 43.3 Å². The molecule has 0 fully saturated rings. The lowest BCUT2D eigenvalue weighted by molar-refractivity contribution is -0.373. The summed E-state index contributed by atoms with van der Waals surface area (Å²) in [6.07, 6.45) is 0.327. The number of nitrogens with two attached hydrogens (primary N) is 1. The van der Waals surface area contributed by atoms with Gasteiger partial charge in [-0.2, -0.15) is 0 Å². The Labute approximate surface area is 151 Å². The number of hydrogen-bond acceptors (Lipinski definition) is 3. The molecule has 0 spiro atoms. The number of nitrogens with zero attached hydrogens (tertiary/aromatic N) is 1. The molecule has 1 atom stereocenters. The van der Waals surface area contributed by atoms with Crippen molar-refractivity contribution in [3.63, 3.8) is 0 Å². The summed E-state index contributed by atoms with van der Waals surface area (Å²) in [6, 6.07) is 13.3. The van der Waals surface area contributed by atoms with Crippen molar-refractivity contribution < 1.29 is 19.0 Å². The lowest BCUT2D eigenvalue weighted by Crippen LogP contribution is -2.51. The van der Waals surface area contributed by atoms with E-state index in [4.69, 9.17) is 5.73 Å². The predicted molar refractivity (Wildman–Crippen MR) is 97.8 cm³/mol. The van der Waals surface area contributed by atoms with Crippen molar-refractivity contribution in [3.05, 3.63) is 65.2 Å². The van der Waals surface area contributed by atoms with E-state index >= 15 is 0 Å². The highest BCUT2D eigenvalue weighted by atomic mass is 16.2. The number of benzene rings is 2. The van der Waals surface area contributed by atoms with Crippen molar-refractivity contribution in [2.75, 3.05) is 0 Å². The topological polar surface area (TPSA) is 92.3 Å². The van der Waals surface area contributed by atoms with E-state index in [0.29, 0.717) is 23.4 Å². The maximum atomic E-state index is 13.1. The van der Waals surface area contributed by atoms with E-state index < -0.39 is 12.1 Å². The molecule has 2 aromatic carbocycles. The van der Waals surface area contributed by atoms with Crippen LogP contribution in [0.3, 0.4) is 0 Å². The molecule has 3 amide bonds. The smallest absolute Gasteiger partial charge is 0.352 e. The molecule has 3 rings (SSSR count). The monoisotopic (exact) mass is 350 g/mol. The molecule has 2 aromatic rings. The molecule has 0 radical (unpaired) electrons. The Kier molecular flexibility index (Phi) is 4.67. The zero-order valence-electron chi connectivity index (χ0n) is 14.7. The second kappa shape index (κ2) is 6.92. The maximum Gasteiger partial charge on any atom is 0.415 e. The minimum Gasteiger partial charge on any atom is -0.352 e. The minimum atomic E-state index is -0.748. The highest BCUT2D eigenvalue weighted by Gasteiger charge is 2.40. The lowest BCUT2D eigenvalue weighted by Gasteiger charge is -2.22. The van der Waals surface area contributed by atoms with E-state index in [-0.39, 0.29) is 11.7 Å². The number of ketones is 1. The van der Waals surface area contributed by atoms with E-state index in [1.165, 1.54) is 6.92 Å². The molecule has 0 aliphatic carbocycles. The van der Waals surface area contributed by atoms with Crippen LogP contribution < -0.4 is 11.1 Å². The van der Waals surface area contributed by atoms with Gasteiger partial charge in [-0.05, 0) is 19.1 Å². The van der Waals surface area contributed by atoms with E-state index in [2.05, 4.69) is 5.32 Å². The van der Waals surface area contributed by atoms with Crippen LogP contribution in [-0.4, -0.2) is 34.1 Å². The molecule has 6 heteroatoms. The summed E-state index contributed by atoms with van der Waals surface area (Å²) in [6.45, 7) is 3.33. The first-order valence-electron chi connectivity index (χ1n) is 8.31. The van der Waals surface area contributed by atoms with Gasteiger partial charge >= 0.3 is 11.9 Å². The Hall–Kier alpha value is -3.28. The molecular formula is C20H20N3O3+. The number of hydrogen-bond donors (Lipinski definition) is 2. The van der Waals surface area contributed by atoms with Gasteiger partial charge in [0.1, 0.15) is 0 Å². The Balaban J connectivity index is 2.23. The molecule has 26 heavy (non-hydrogen) atoms. The lowest BCUT2D eigenvalue weighted by atomic mass is 9.95. The number of Topliss-reactive ketones (excluding diaryl/α,β-unsaturated/α-hetero) is 1. The van der Waals surface area contributed by atoms with Crippen LogP contribution in [0.1, 0.15) is 35.3 Å². The van der Waals surface area contributed by atoms with Gasteiger partial charge in [0.2, 0.25) is 5.69 Å². The number of fused-ring (bicyclic) bond motifs is 1. The Morgan fingerprint density at radius 1 is 1.08 bits per heavy atom. The molecule has 0 unspecified atom stereocenters. The van der Waals surface area contributed by atoms with Crippen LogP contribution in [0.5, 0.6) is 0 Å². The standard InChI is InChI=1S/C20H19N3O3/c1-12(14-6-4-3-5-7-14)23-18-11-15(13(2)24)8-9-16(18)10-17(19(23)25)22-20(21)26/h3-9,11,17H,10H2,1-2H3,(H2-,21,22,26)/p+1/t17-/m1/s1. The normalized spacial score (nSPS) is 18.1. The number of urea groups is 1. The van der Waals surface area contributed by atoms with Crippen molar-refractivity contribution >= 4 is 29.1 Å². The summed E-state index contributed by atoms with van der Waals surface area (Å²) in [7, 11) is 0. The quantitative estimate of drug-likeness (QED) is 0.656. The van der Waals surface area contributed by atoms with Gasteiger partial charge in [-0.25, -0.2) is 9.59 Å². The minimum absolute atomic E-state index is 0.0741. The fraction of sp³-hybridized carbons (Fsp3) is 0.200.